The van der Waals surface area contributed by atoms with Crippen LogP contribution in [0.15, 0.2) is 85.2 Å². The van der Waals surface area contributed by atoms with Crippen LogP contribution in [0.25, 0.3) is 21.8 Å². The van der Waals surface area contributed by atoms with E-state index in [4.69, 9.17) is 21.9 Å². The molecule has 9 rings (SSSR count). The van der Waals surface area contributed by atoms with Gasteiger partial charge in [-0.15, -0.1) is 0 Å². The minimum absolute atomic E-state index is 0.0431. The van der Waals surface area contributed by atoms with Gasteiger partial charge in [0, 0.05) is 119 Å². The number of aromatic nitrogens is 2. The van der Waals surface area contributed by atoms with Crippen LogP contribution < -0.4 is 64.5 Å². The van der Waals surface area contributed by atoms with Crippen molar-refractivity contribution in [2.24, 2.45) is 35.0 Å². The van der Waals surface area contributed by atoms with E-state index < -0.39 is 211 Å². The number of hydrogen-bond acceptors (Lipinski definition) is 20. The number of carboxylic acids is 1. The molecule has 4 saturated heterocycles. The second-order valence-corrected chi connectivity index (χ2v) is 35.7. The molecule has 4 aliphatic rings. The van der Waals surface area contributed by atoms with Gasteiger partial charge in [-0.2, -0.15) is 0 Å². The largest absolute Gasteiger partial charge is 0.497 e. The van der Waals surface area contributed by atoms with Crippen LogP contribution in [0, 0.1) is 17.8 Å². The number of methoxy groups -OCH3 is 1. The van der Waals surface area contributed by atoms with Gasteiger partial charge >= 0.3 is 5.97 Å². The Kier molecular flexibility index (Phi) is 38.2. The van der Waals surface area contributed by atoms with Crippen LogP contribution in [0.3, 0.4) is 0 Å². The van der Waals surface area contributed by atoms with E-state index in [9.17, 15) is 48.6 Å². The first kappa shape index (κ1) is 102. The maximum atomic E-state index is 15.9. The Morgan fingerprint density at radius 3 is 1.75 bits per heavy atom. The minimum Gasteiger partial charge on any atom is -0.497 e. The van der Waals surface area contributed by atoms with Gasteiger partial charge in [0.05, 0.1) is 25.7 Å². The number of H-pyrrole nitrogens is 1. The van der Waals surface area contributed by atoms with Crippen LogP contribution in [0.4, 0.5) is 0 Å². The van der Waals surface area contributed by atoms with Crippen LogP contribution in [-0.2, 0) is 103 Å². The predicted octanol–water partition coefficient (Wildman–Crippen LogP) is 2.16. The second kappa shape index (κ2) is 48.7. The summed E-state index contributed by atoms with van der Waals surface area (Å²) in [5.41, 5.74) is 21.1. The number of hydrogen-bond donors (Lipinski definition) is 14. The van der Waals surface area contributed by atoms with Gasteiger partial charge in [0.2, 0.25) is 82.7 Å². The van der Waals surface area contributed by atoms with Crippen LogP contribution in [0.5, 0.6) is 5.75 Å². The molecule has 37 nitrogen and oxygen atoms in total. The molecule has 17 N–H and O–H groups in total. The SMILES string of the molecule is CCCC[C@H]1C(=O)N(C)[C@@H](CCCC)C(=O)N[C@@H](CC(C)C)C(=O)NCCCCC(=O)N[C@@H](Cc2ccc(OC)cc2)C(=O)N2CCCC[C@H]2C(=O)N[C@@H](CC(N)=O)C(=O)N2CCC[C@H]2C(=O)N[C@@H](CN)C(=O)N[C@@H](CC(C)C)C(=O)N2C[C@H](O)C[C@H]2C(=O)C[C@@H](Cc2c[nH]c3ccccc23)C(=O)N[C@@H](CCN)C(=O)N[C@@H](Cc2cn(CC(=O)O)c3ccccc23)C(=O)N1C. The van der Waals surface area contributed by atoms with Crippen LogP contribution in [0.2, 0.25) is 0 Å². The van der Waals surface area contributed by atoms with Gasteiger partial charge in [-0.3, -0.25) is 76.7 Å². The van der Waals surface area contributed by atoms with Gasteiger partial charge in [0.15, 0.2) is 5.78 Å². The molecule has 710 valence electrons. The Morgan fingerprint density at radius 1 is 0.538 bits per heavy atom. The van der Waals surface area contributed by atoms with Crippen molar-refractivity contribution >= 4 is 116 Å². The molecular formula is C93H134N18O19. The summed E-state index contributed by atoms with van der Waals surface area (Å²) < 4.78 is 6.87. The van der Waals surface area contributed by atoms with Gasteiger partial charge in [0.25, 0.3) is 0 Å². The minimum atomic E-state index is -1.67. The highest BCUT2D eigenvalue weighted by Crippen LogP contribution is 2.31. The summed E-state index contributed by atoms with van der Waals surface area (Å²) in [5, 5.41) is 45.3. The highest BCUT2D eigenvalue weighted by molar-refractivity contribution is 6.02. The lowest BCUT2D eigenvalue weighted by atomic mass is 9.90. The molecule has 0 aliphatic carbocycles. The Hall–Kier alpha value is -11.9. The Labute approximate surface area is 758 Å². The average molecular weight is 1810 g/mol. The third-order valence-electron chi connectivity index (χ3n) is 24.9. The number of rotatable bonds is 24. The highest BCUT2D eigenvalue weighted by atomic mass is 16.5. The maximum Gasteiger partial charge on any atom is 0.323 e. The first-order valence-corrected chi connectivity index (χ1v) is 45.8. The van der Waals surface area contributed by atoms with E-state index >= 15 is 38.4 Å². The Balaban J connectivity index is 1.08. The summed E-state index contributed by atoms with van der Waals surface area (Å²) in [6.45, 7) is 9.49. The van der Waals surface area contributed by atoms with Crippen molar-refractivity contribution in [3.63, 3.8) is 0 Å². The number of nitrogens with two attached hydrogens (primary N) is 3. The summed E-state index contributed by atoms with van der Waals surface area (Å²) in [6, 6.07) is 4.30. The quantitative estimate of drug-likeness (QED) is 0.0421. The monoisotopic (exact) mass is 1810 g/mol. The zero-order valence-electron chi connectivity index (χ0n) is 76.3. The summed E-state index contributed by atoms with van der Waals surface area (Å²) >= 11 is 0. The number of aliphatic hydroxyl groups is 1. The standard InChI is InChI=1S/C93H134N18O19/c1-10-12-26-73-86(122)101-66(41-54(3)4)83(119)97-38-20-18-31-80(115)99-68(43-56-32-34-61(130-9)35-33-56)90(126)109-39-21-19-29-74(109)87(123)104-70(48-79(96)114)91(127)110-40-22-30-75(110)88(124)105-71(49-95)85(121)102-67(42-55(5)6)92(128)111-52-60(112)47-77(111)78(113)46-57(44-58-50-98-64-25-16-14-23-62(58)64)82(118)100-65(36-37-94)84(120)103-69(89(125)107(8)76(27-13-11-2)93(129)106(73)7)45-59-51-108(53-81(116)117)72-28-17-15-24-63(59)72/h14-17,23-25,28,32-35,50-51,54-55,57,60,65-71,73-77,98,112H,10-13,18-22,26-27,29-31,36-49,52-53,94-95H2,1-9H3,(H2,96,114)(H,97,119)(H,99,115)(H,100,118)(H,101,122)(H,102,121)(H,103,120)(H,104,123)(H,105,124)(H,116,117)/t57-,60-,65+,66+,67+,68+,69+,70+,71+,73+,74+,75+,76+,77+/m1/s1. The molecule has 0 saturated carbocycles. The molecule has 14 atom stereocenters. The number of ether oxygens (including phenoxy) is 1. The van der Waals surface area contributed by atoms with Crippen LogP contribution in [-0.4, -0.2) is 278 Å². The number of carboxylic acid groups (broad SMARTS) is 1. The highest BCUT2D eigenvalue weighted by Gasteiger charge is 2.47. The number of aliphatic hydroxyl groups excluding tert-OH is 1. The number of unbranched alkanes of at least 4 members (excludes halogenated alkanes) is 2. The number of carbonyl (C=O) groups excluding carboxylic acids is 15. The number of piperidine rings is 1. The van der Waals surface area contributed by atoms with E-state index in [2.05, 4.69) is 47.5 Å². The fourth-order valence-corrected chi connectivity index (χ4v) is 18.0. The second-order valence-electron chi connectivity index (χ2n) is 35.7. The van der Waals surface area contributed by atoms with Crippen LogP contribution in [0.1, 0.15) is 187 Å². The van der Waals surface area contributed by atoms with Crippen molar-refractivity contribution in [1.82, 2.24) is 76.6 Å². The first-order valence-electron chi connectivity index (χ1n) is 45.8. The fourth-order valence-electron chi connectivity index (χ4n) is 18.0. The third-order valence-corrected chi connectivity index (χ3v) is 24.9. The normalized spacial score (nSPS) is 25.4. The number of ketones is 1. The number of aromatic amines is 1. The molecule has 6 heterocycles. The van der Waals surface area contributed by atoms with Gasteiger partial charge in [-0.1, -0.05) is 116 Å². The molecule has 3 aromatic carbocycles. The molecule has 37 heteroatoms. The molecule has 130 heavy (non-hydrogen) atoms. The van der Waals surface area contributed by atoms with Gasteiger partial charge < -0.3 is 109 Å². The molecule has 0 spiro atoms. The predicted molar refractivity (Wildman–Crippen MR) is 483 cm³/mol. The lowest BCUT2D eigenvalue weighted by molar-refractivity contribution is -0.149. The molecule has 5 aromatic rings. The summed E-state index contributed by atoms with van der Waals surface area (Å²) in [6.07, 6.45) is 3.52. The molecule has 2 aromatic heterocycles. The number of primary amides is 1. The molecule has 0 bridgehead atoms. The van der Waals surface area contributed by atoms with E-state index in [0.29, 0.717) is 82.8 Å². The number of Topliss-reactive ketones (excluding diaryl/α,β-unsaturated/α-hetero) is 1. The van der Waals surface area contributed by atoms with Crippen molar-refractivity contribution in [3.8, 4) is 5.75 Å². The number of likely N-dealkylation sites (N-methyl/N-ethyl adjacent to an activating group) is 2. The maximum absolute atomic E-state index is 15.9. The van der Waals surface area contributed by atoms with E-state index in [1.807, 2.05) is 39.8 Å². The first-order chi connectivity index (χ1) is 62.1. The fraction of sp³-hybridized carbons (Fsp3) is 0.591. The van der Waals surface area contributed by atoms with E-state index in [1.54, 1.807) is 86.9 Å². The van der Waals surface area contributed by atoms with Gasteiger partial charge in [-0.25, -0.2) is 0 Å². The number of para-hydroxylation sites is 2. The summed E-state index contributed by atoms with van der Waals surface area (Å²) in [5.74, 6) is -14.0. The Bertz CT molecular complexity index is 4820. The van der Waals surface area contributed by atoms with Crippen molar-refractivity contribution < 1.29 is 91.7 Å². The van der Waals surface area contributed by atoms with E-state index in [0.717, 1.165) is 9.80 Å². The number of nitrogens with one attached hydrogen (secondary N) is 9. The summed E-state index contributed by atoms with van der Waals surface area (Å²) in [4.78, 5) is 245. The smallest absolute Gasteiger partial charge is 0.323 e. The van der Waals surface area contributed by atoms with Crippen molar-refractivity contribution in [1.29, 1.82) is 0 Å². The topological polar surface area (TPSA) is 534 Å². The third kappa shape index (κ3) is 27.4. The van der Waals surface area contributed by atoms with Gasteiger partial charge in [-0.05, 0) is 143 Å². The van der Waals surface area contributed by atoms with Gasteiger partial charge in [0.1, 0.15) is 78.8 Å². The number of aliphatic carboxylic acids is 1. The lowest BCUT2D eigenvalue weighted by Crippen LogP contribution is -2.62. The average Bonchev–Trinajstić information content (AvgIpc) is 1.65. The van der Waals surface area contributed by atoms with Crippen molar-refractivity contribution in [2.45, 2.75) is 274 Å². The number of amides is 14. The van der Waals surface area contributed by atoms with Crippen LogP contribution >= 0.6 is 0 Å². The zero-order chi connectivity index (χ0) is 94.7. The molecule has 4 aliphatic heterocycles. The molecule has 0 unspecified atom stereocenters. The van der Waals surface area contributed by atoms with Crippen molar-refractivity contribution in [3.05, 3.63) is 102 Å². The number of fused-ring (bicyclic) bond motifs is 5. The molecular weight excluding hydrogens is 1670 g/mol. The molecule has 4 fully saturated rings. The van der Waals surface area contributed by atoms with E-state index in [-0.39, 0.29) is 134 Å². The number of carbonyl (C=O) groups is 16. The zero-order valence-corrected chi connectivity index (χ0v) is 76.3. The van der Waals surface area contributed by atoms with Crippen molar-refractivity contribution in [2.75, 3.05) is 60.5 Å². The molecule has 0 radical (unpaired) electrons. The van der Waals surface area contributed by atoms with E-state index in [1.165, 1.54) is 40.5 Å². The lowest BCUT2D eigenvalue weighted by Gasteiger charge is -2.38. The number of benzene rings is 3. The summed E-state index contributed by atoms with van der Waals surface area (Å²) in [7, 11) is 4.34. The number of nitrogens with zero attached hydrogens (tertiary/aromatic N) is 6. The Morgan fingerprint density at radius 2 is 1.11 bits per heavy atom. The molecule has 14 amide bonds.